The topological polar surface area (TPSA) is 105 Å². The van der Waals surface area contributed by atoms with E-state index < -0.39 is 11.9 Å². The molecule has 31 heavy (non-hydrogen) atoms. The molecule has 3 rings (SSSR count). The van der Waals surface area contributed by atoms with Gasteiger partial charge in [-0.3, -0.25) is 4.68 Å². The Hall–Kier alpha value is -3.65. The molecule has 0 spiro atoms. The first kappa shape index (κ1) is 23.6. The van der Waals surface area contributed by atoms with Gasteiger partial charge in [0.2, 0.25) is 5.88 Å². The van der Waals surface area contributed by atoms with Crippen LogP contribution in [-0.4, -0.2) is 57.5 Å². The second kappa shape index (κ2) is 12.1. The molecule has 0 saturated heterocycles. The van der Waals surface area contributed by atoms with E-state index in [9.17, 15) is 0 Å². The summed E-state index contributed by atoms with van der Waals surface area (Å²) in [5.74, 6) is -2.95. The normalized spacial score (nSPS) is 10.3. The van der Waals surface area contributed by atoms with E-state index >= 15 is 0 Å². The largest absolute Gasteiger partial charge is 0.473 e. The average molecular weight is 425 g/mol. The Morgan fingerprint density at radius 3 is 2.10 bits per heavy atom. The second-order valence-electron chi connectivity index (χ2n) is 7.02. The van der Waals surface area contributed by atoms with Crippen molar-refractivity contribution < 1.29 is 24.5 Å². The molecule has 2 N–H and O–H groups in total. The minimum absolute atomic E-state index is 0.523. The van der Waals surface area contributed by atoms with Crippen molar-refractivity contribution in [3.8, 4) is 17.0 Å². The van der Waals surface area contributed by atoms with Gasteiger partial charge in [0.15, 0.2) is 0 Å². The van der Waals surface area contributed by atoms with Crippen LogP contribution in [0, 0.1) is 0 Å². The van der Waals surface area contributed by atoms with Gasteiger partial charge in [-0.1, -0.05) is 60.7 Å². The zero-order valence-electron chi connectivity index (χ0n) is 17.6. The Morgan fingerprint density at radius 2 is 1.55 bits per heavy atom. The monoisotopic (exact) mass is 425 g/mol. The molecule has 164 valence electrons. The van der Waals surface area contributed by atoms with Crippen molar-refractivity contribution in [1.82, 2.24) is 14.7 Å². The minimum Gasteiger partial charge on any atom is -0.473 e. The summed E-state index contributed by atoms with van der Waals surface area (Å²) in [4.78, 5) is 20.4. The predicted molar refractivity (Wildman–Crippen MR) is 117 cm³/mol. The van der Waals surface area contributed by atoms with Crippen molar-refractivity contribution in [3.05, 3.63) is 72.4 Å². The zero-order valence-corrected chi connectivity index (χ0v) is 17.6. The van der Waals surface area contributed by atoms with Crippen molar-refractivity contribution >= 4 is 11.9 Å². The second-order valence-corrected chi connectivity index (χ2v) is 7.02. The number of carboxylic acids is 2. The number of hydrogen-bond acceptors (Lipinski definition) is 5. The predicted octanol–water partition coefficient (Wildman–Crippen LogP) is 3.24. The van der Waals surface area contributed by atoms with Gasteiger partial charge in [-0.15, -0.1) is 5.10 Å². The number of rotatable bonds is 8. The van der Waals surface area contributed by atoms with Crippen LogP contribution in [0.2, 0.25) is 0 Å². The molecule has 0 radical (unpaired) electrons. The number of nitrogens with zero attached hydrogens (tertiary/aromatic N) is 3. The Morgan fingerprint density at radius 1 is 0.968 bits per heavy atom. The lowest BCUT2D eigenvalue weighted by atomic mass is 10.1. The van der Waals surface area contributed by atoms with Crippen LogP contribution >= 0.6 is 0 Å². The van der Waals surface area contributed by atoms with Crippen LogP contribution in [0.15, 0.2) is 66.9 Å². The van der Waals surface area contributed by atoms with Crippen molar-refractivity contribution in [1.29, 1.82) is 0 Å². The quantitative estimate of drug-likeness (QED) is 0.534. The molecule has 0 atom stereocenters. The van der Waals surface area contributed by atoms with Gasteiger partial charge < -0.3 is 19.8 Å². The van der Waals surface area contributed by atoms with Crippen molar-refractivity contribution in [2.75, 3.05) is 20.6 Å². The van der Waals surface area contributed by atoms with E-state index in [1.807, 2.05) is 41.1 Å². The van der Waals surface area contributed by atoms with Crippen LogP contribution in [0.1, 0.15) is 12.0 Å². The molecule has 0 saturated carbocycles. The highest BCUT2D eigenvalue weighted by Crippen LogP contribution is 2.29. The molecule has 0 amide bonds. The Bertz CT molecular complexity index is 944. The number of carboxylic acid groups (broad SMARTS) is 2. The summed E-state index contributed by atoms with van der Waals surface area (Å²) in [6.45, 7) is 2.45. The molecule has 0 aliphatic carbocycles. The Balaban J connectivity index is 0.000000501. The maximum Gasteiger partial charge on any atom is 0.414 e. The molecule has 0 aliphatic rings. The molecule has 1 heterocycles. The summed E-state index contributed by atoms with van der Waals surface area (Å²) in [5, 5.41) is 19.5. The van der Waals surface area contributed by atoms with E-state index in [0.29, 0.717) is 12.5 Å². The third kappa shape index (κ3) is 8.31. The summed E-state index contributed by atoms with van der Waals surface area (Å²) in [7, 11) is 4.18. The highest BCUT2D eigenvalue weighted by molar-refractivity contribution is 6.27. The fourth-order valence-electron chi connectivity index (χ4n) is 2.72. The van der Waals surface area contributed by atoms with Crippen LogP contribution in [0.25, 0.3) is 11.1 Å². The van der Waals surface area contributed by atoms with E-state index in [1.165, 1.54) is 0 Å². The molecule has 0 fully saturated rings. The fourth-order valence-corrected chi connectivity index (χ4v) is 2.72. The van der Waals surface area contributed by atoms with Crippen molar-refractivity contribution in [2.24, 2.45) is 0 Å². The first-order chi connectivity index (χ1) is 14.9. The highest BCUT2D eigenvalue weighted by Gasteiger charge is 2.12. The standard InChI is InChI=1S/C21H25N3O.C2H2O4/c1-23(2)14-9-15-24-16-20(19-12-7-4-8-13-19)21(22-24)25-17-18-10-5-3-6-11-18;3-1(4)2(5)6/h3-8,10-13,16H,9,14-15,17H2,1-2H3;(H,3,4)(H,5,6). The van der Waals surface area contributed by atoms with Crippen LogP contribution in [0.4, 0.5) is 0 Å². The highest BCUT2D eigenvalue weighted by atomic mass is 16.5. The fraction of sp³-hybridized carbons (Fsp3) is 0.261. The van der Waals surface area contributed by atoms with E-state index in [-0.39, 0.29) is 0 Å². The maximum atomic E-state index is 9.10. The lowest BCUT2D eigenvalue weighted by Crippen LogP contribution is -2.15. The molecule has 0 bridgehead atoms. The Kier molecular flexibility index (Phi) is 9.25. The summed E-state index contributed by atoms with van der Waals surface area (Å²) < 4.78 is 8.04. The van der Waals surface area contributed by atoms with E-state index in [0.717, 1.165) is 36.2 Å². The SMILES string of the molecule is CN(C)CCCn1cc(-c2ccccc2)c(OCc2ccccc2)n1.O=C(O)C(=O)O. The van der Waals surface area contributed by atoms with E-state index in [1.54, 1.807) is 0 Å². The third-order valence-corrected chi connectivity index (χ3v) is 4.21. The van der Waals surface area contributed by atoms with Crippen molar-refractivity contribution in [3.63, 3.8) is 0 Å². The third-order valence-electron chi connectivity index (χ3n) is 4.21. The molecular formula is C23H27N3O5. The number of aromatic nitrogens is 2. The first-order valence-corrected chi connectivity index (χ1v) is 9.77. The van der Waals surface area contributed by atoms with Gasteiger partial charge in [-0.05, 0) is 38.2 Å². The number of benzene rings is 2. The van der Waals surface area contributed by atoms with Gasteiger partial charge in [0.05, 0.1) is 5.56 Å². The van der Waals surface area contributed by atoms with Crippen LogP contribution < -0.4 is 4.74 Å². The molecule has 1 aromatic heterocycles. The average Bonchev–Trinajstić information content (AvgIpc) is 3.17. The van der Waals surface area contributed by atoms with Crippen LogP contribution in [-0.2, 0) is 22.7 Å². The van der Waals surface area contributed by atoms with Gasteiger partial charge >= 0.3 is 11.9 Å². The Labute approximate surface area is 181 Å². The first-order valence-electron chi connectivity index (χ1n) is 9.77. The van der Waals surface area contributed by atoms with Crippen LogP contribution in [0.3, 0.4) is 0 Å². The summed E-state index contributed by atoms with van der Waals surface area (Å²) >= 11 is 0. The number of aliphatic carboxylic acids is 2. The summed E-state index contributed by atoms with van der Waals surface area (Å²) in [5.41, 5.74) is 3.31. The number of hydrogen-bond donors (Lipinski definition) is 2. The van der Waals surface area contributed by atoms with Crippen LogP contribution in [0.5, 0.6) is 5.88 Å². The smallest absolute Gasteiger partial charge is 0.414 e. The molecule has 8 nitrogen and oxygen atoms in total. The number of carbonyl (C=O) groups is 2. The van der Waals surface area contributed by atoms with Gasteiger partial charge in [0, 0.05) is 12.7 Å². The van der Waals surface area contributed by atoms with Gasteiger partial charge in [0.1, 0.15) is 6.61 Å². The minimum atomic E-state index is -1.82. The van der Waals surface area contributed by atoms with E-state index in [4.69, 9.17) is 24.5 Å². The van der Waals surface area contributed by atoms with Crippen molar-refractivity contribution in [2.45, 2.75) is 19.6 Å². The molecular weight excluding hydrogens is 398 g/mol. The lowest BCUT2D eigenvalue weighted by Gasteiger charge is -2.08. The molecule has 3 aromatic rings. The molecule has 2 aromatic carbocycles. The summed E-state index contributed by atoms with van der Waals surface area (Å²) in [6, 6.07) is 20.5. The van der Waals surface area contributed by atoms with Gasteiger partial charge in [0.25, 0.3) is 0 Å². The maximum absolute atomic E-state index is 9.10. The molecule has 8 heteroatoms. The lowest BCUT2D eigenvalue weighted by molar-refractivity contribution is -0.159. The molecule has 0 aliphatic heterocycles. The van der Waals surface area contributed by atoms with Gasteiger partial charge in [-0.25, -0.2) is 9.59 Å². The summed E-state index contributed by atoms with van der Waals surface area (Å²) in [6.07, 6.45) is 3.15. The molecule has 0 unspecified atom stereocenters. The number of aryl methyl sites for hydroxylation is 1. The zero-order chi connectivity index (χ0) is 22.6. The number of ether oxygens (including phenoxy) is 1. The van der Waals surface area contributed by atoms with Gasteiger partial charge in [-0.2, -0.15) is 0 Å². The van der Waals surface area contributed by atoms with E-state index in [2.05, 4.69) is 54.6 Å².